The highest BCUT2D eigenvalue weighted by atomic mass is 16.5. The molecule has 116 valence electrons. The Morgan fingerprint density at radius 2 is 1.91 bits per heavy atom. The van der Waals surface area contributed by atoms with E-state index in [-0.39, 0.29) is 17.7 Å². The number of allylic oxidation sites excluding steroid dienone is 2. The van der Waals surface area contributed by atoms with Crippen molar-refractivity contribution in [3.8, 4) is 5.75 Å². The van der Waals surface area contributed by atoms with E-state index in [0.717, 1.165) is 6.42 Å². The van der Waals surface area contributed by atoms with E-state index in [1.54, 1.807) is 12.1 Å². The van der Waals surface area contributed by atoms with Crippen LogP contribution in [0.3, 0.4) is 0 Å². The number of ether oxygens (including phenoxy) is 1. The predicted octanol–water partition coefficient (Wildman–Crippen LogP) is 2.55. The monoisotopic (exact) mass is 301 g/mol. The lowest BCUT2D eigenvalue weighted by Crippen LogP contribution is -2.36. The lowest BCUT2D eigenvalue weighted by atomic mass is 9.82. The van der Waals surface area contributed by atoms with Gasteiger partial charge in [-0.1, -0.05) is 24.3 Å². The fraction of sp³-hybridized carbons (Fsp3) is 0.412. The molecule has 2 aliphatic carbocycles. The van der Waals surface area contributed by atoms with Crippen LogP contribution in [0.2, 0.25) is 0 Å². The highest BCUT2D eigenvalue weighted by Crippen LogP contribution is 2.48. The Hall–Kier alpha value is -2.30. The van der Waals surface area contributed by atoms with Gasteiger partial charge >= 0.3 is 5.97 Å². The van der Waals surface area contributed by atoms with Gasteiger partial charge in [-0.25, -0.2) is 0 Å². The second-order valence-electron chi connectivity index (χ2n) is 5.76. The highest BCUT2D eigenvalue weighted by molar-refractivity contribution is 5.97. The lowest BCUT2D eigenvalue weighted by molar-refractivity contribution is -0.146. The number of para-hydroxylation sites is 2. The van der Waals surface area contributed by atoms with Gasteiger partial charge in [0.2, 0.25) is 5.91 Å². The minimum absolute atomic E-state index is 0.0188. The van der Waals surface area contributed by atoms with Crippen molar-refractivity contribution in [1.29, 1.82) is 0 Å². The van der Waals surface area contributed by atoms with Crippen LogP contribution in [-0.4, -0.2) is 23.6 Å². The standard InChI is InChI=1S/C17H19NO4/c1-2-22-13-6-4-3-5-12(13)18-16(19)14-10-7-8-11(9-10)15(14)17(20)21/h3-8,10-11,14-15H,2,9H2,1H3,(H,18,19)(H,20,21)/t10-,11+,14-,15+/m1/s1. The van der Waals surface area contributed by atoms with Crippen LogP contribution in [0.4, 0.5) is 5.69 Å². The summed E-state index contributed by atoms with van der Waals surface area (Å²) in [5.74, 6) is -1.68. The molecule has 1 amide bonds. The summed E-state index contributed by atoms with van der Waals surface area (Å²) in [5, 5.41) is 12.3. The minimum atomic E-state index is -0.893. The Balaban J connectivity index is 1.80. The molecular formula is C17H19NO4. The number of aliphatic carboxylic acids is 1. The largest absolute Gasteiger partial charge is 0.492 e. The van der Waals surface area contributed by atoms with Gasteiger partial charge < -0.3 is 15.2 Å². The number of carboxylic acid groups (broad SMARTS) is 1. The number of carbonyl (C=O) groups excluding carboxylic acids is 1. The van der Waals surface area contributed by atoms with Gasteiger partial charge in [-0.15, -0.1) is 0 Å². The zero-order valence-electron chi connectivity index (χ0n) is 12.4. The normalized spacial score (nSPS) is 28.6. The number of fused-ring (bicyclic) bond motifs is 2. The number of benzene rings is 1. The number of hydrogen-bond donors (Lipinski definition) is 2. The number of hydrogen-bond acceptors (Lipinski definition) is 3. The second kappa shape index (κ2) is 5.83. The highest BCUT2D eigenvalue weighted by Gasteiger charge is 2.51. The molecule has 0 heterocycles. The zero-order chi connectivity index (χ0) is 15.7. The molecule has 1 aromatic rings. The van der Waals surface area contributed by atoms with E-state index >= 15 is 0 Å². The van der Waals surface area contributed by atoms with Gasteiger partial charge in [-0.05, 0) is 37.3 Å². The fourth-order valence-electron chi connectivity index (χ4n) is 3.58. The van der Waals surface area contributed by atoms with E-state index in [9.17, 15) is 14.7 Å². The van der Waals surface area contributed by atoms with Gasteiger partial charge in [-0.3, -0.25) is 9.59 Å². The molecular weight excluding hydrogens is 282 g/mol. The van der Waals surface area contributed by atoms with Gasteiger partial charge in [0.1, 0.15) is 5.75 Å². The Bertz CT molecular complexity index is 625. The molecule has 0 aromatic heterocycles. The van der Waals surface area contributed by atoms with Crippen molar-refractivity contribution < 1.29 is 19.4 Å². The van der Waals surface area contributed by atoms with E-state index in [1.807, 2.05) is 31.2 Å². The summed E-state index contributed by atoms with van der Waals surface area (Å²) in [5.41, 5.74) is 0.588. The molecule has 4 atom stereocenters. The van der Waals surface area contributed by atoms with E-state index in [0.29, 0.717) is 18.0 Å². The first-order valence-corrected chi connectivity index (χ1v) is 7.55. The first-order valence-electron chi connectivity index (χ1n) is 7.55. The Morgan fingerprint density at radius 3 is 2.59 bits per heavy atom. The van der Waals surface area contributed by atoms with Gasteiger partial charge in [0.25, 0.3) is 0 Å². The molecule has 1 aromatic carbocycles. The number of amides is 1. The summed E-state index contributed by atoms with van der Waals surface area (Å²) in [6.07, 6.45) is 4.66. The summed E-state index contributed by atoms with van der Waals surface area (Å²) in [4.78, 5) is 24.1. The molecule has 5 heteroatoms. The predicted molar refractivity (Wildman–Crippen MR) is 81.6 cm³/mol. The van der Waals surface area contributed by atoms with E-state index < -0.39 is 17.8 Å². The Kier molecular flexibility index (Phi) is 3.88. The summed E-state index contributed by atoms with van der Waals surface area (Å²) in [7, 11) is 0. The lowest BCUT2D eigenvalue weighted by Gasteiger charge is -2.24. The molecule has 0 radical (unpaired) electrons. The van der Waals surface area contributed by atoms with Crippen molar-refractivity contribution in [2.75, 3.05) is 11.9 Å². The summed E-state index contributed by atoms with van der Waals surface area (Å²) >= 11 is 0. The third-order valence-electron chi connectivity index (χ3n) is 4.49. The first kappa shape index (κ1) is 14.6. The maximum absolute atomic E-state index is 12.6. The van der Waals surface area contributed by atoms with Crippen LogP contribution in [0, 0.1) is 23.7 Å². The molecule has 0 saturated heterocycles. The molecule has 2 N–H and O–H groups in total. The van der Waals surface area contributed by atoms with Crippen LogP contribution in [0.1, 0.15) is 13.3 Å². The molecule has 0 spiro atoms. The quantitative estimate of drug-likeness (QED) is 0.820. The third kappa shape index (κ3) is 2.47. The summed E-state index contributed by atoms with van der Waals surface area (Å²) < 4.78 is 5.49. The van der Waals surface area contributed by atoms with Crippen LogP contribution in [0.15, 0.2) is 36.4 Å². The van der Waals surface area contributed by atoms with Crippen LogP contribution in [0.25, 0.3) is 0 Å². The van der Waals surface area contributed by atoms with Crippen molar-refractivity contribution in [2.45, 2.75) is 13.3 Å². The fourth-order valence-corrected chi connectivity index (χ4v) is 3.58. The molecule has 2 bridgehead atoms. The van der Waals surface area contributed by atoms with Crippen LogP contribution in [0.5, 0.6) is 5.75 Å². The molecule has 22 heavy (non-hydrogen) atoms. The Morgan fingerprint density at radius 1 is 1.23 bits per heavy atom. The van der Waals surface area contributed by atoms with Crippen LogP contribution >= 0.6 is 0 Å². The van der Waals surface area contributed by atoms with Gasteiger partial charge in [0.05, 0.1) is 24.1 Å². The van der Waals surface area contributed by atoms with Crippen molar-refractivity contribution in [3.05, 3.63) is 36.4 Å². The molecule has 1 saturated carbocycles. The molecule has 2 aliphatic rings. The molecule has 0 unspecified atom stereocenters. The second-order valence-corrected chi connectivity index (χ2v) is 5.76. The molecule has 5 nitrogen and oxygen atoms in total. The third-order valence-corrected chi connectivity index (χ3v) is 4.49. The van der Waals surface area contributed by atoms with Crippen molar-refractivity contribution in [3.63, 3.8) is 0 Å². The average Bonchev–Trinajstić information content (AvgIpc) is 3.10. The van der Waals surface area contributed by atoms with Crippen molar-refractivity contribution in [2.24, 2.45) is 23.7 Å². The molecule has 0 aliphatic heterocycles. The van der Waals surface area contributed by atoms with Crippen LogP contribution in [-0.2, 0) is 9.59 Å². The number of carboxylic acids is 1. The number of nitrogens with one attached hydrogen (secondary N) is 1. The van der Waals surface area contributed by atoms with Gasteiger partial charge in [0.15, 0.2) is 0 Å². The molecule has 3 rings (SSSR count). The van der Waals surface area contributed by atoms with E-state index in [4.69, 9.17) is 4.74 Å². The minimum Gasteiger partial charge on any atom is -0.492 e. The maximum Gasteiger partial charge on any atom is 0.307 e. The SMILES string of the molecule is CCOc1ccccc1NC(=O)[C@H]1[C@@H](C(=O)O)[C@H]2C=C[C@@H]1C2. The van der Waals surface area contributed by atoms with Crippen molar-refractivity contribution >= 4 is 17.6 Å². The maximum atomic E-state index is 12.6. The summed E-state index contributed by atoms with van der Waals surface area (Å²) in [6.45, 7) is 2.38. The van der Waals surface area contributed by atoms with Gasteiger partial charge in [0, 0.05) is 0 Å². The smallest absolute Gasteiger partial charge is 0.307 e. The number of carbonyl (C=O) groups is 2. The Labute approximate surface area is 129 Å². The zero-order valence-corrected chi connectivity index (χ0v) is 12.4. The van der Waals surface area contributed by atoms with Crippen LogP contribution < -0.4 is 10.1 Å². The summed E-state index contributed by atoms with van der Waals surface area (Å²) in [6, 6.07) is 7.20. The average molecular weight is 301 g/mol. The first-order chi connectivity index (χ1) is 10.6. The van der Waals surface area contributed by atoms with E-state index in [2.05, 4.69) is 5.32 Å². The number of rotatable bonds is 5. The topological polar surface area (TPSA) is 75.6 Å². The van der Waals surface area contributed by atoms with E-state index in [1.165, 1.54) is 0 Å². The number of anilines is 1. The molecule has 1 fully saturated rings. The van der Waals surface area contributed by atoms with Gasteiger partial charge in [-0.2, -0.15) is 0 Å². The van der Waals surface area contributed by atoms with Crippen molar-refractivity contribution in [1.82, 2.24) is 0 Å².